The number of hydrogen-bond donors (Lipinski definition) is 1. The minimum atomic E-state index is 0.0261. The minimum Gasteiger partial charge on any atom is -0.496 e. The molecule has 114 valence electrons. The number of nitrogen functional groups attached to an aromatic ring is 1. The highest BCUT2D eigenvalue weighted by atomic mass is 16.5. The number of anilines is 1. The van der Waals surface area contributed by atoms with Crippen LogP contribution in [0.3, 0.4) is 0 Å². The van der Waals surface area contributed by atoms with Crippen molar-refractivity contribution < 1.29 is 9.53 Å². The van der Waals surface area contributed by atoms with Gasteiger partial charge >= 0.3 is 0 Å². The van der Waals surface area contributed by atoms with E-state index in [4.69, 9.17) is 10.5 Å². The maximum atomic E-state index is 12.9. The molecule has 2 unspecified atom stereocenters. The normalized spacial score (nSPS) is 25.7. The molecule has 0 spiro atoms. The van der Waals surface area contributed by atoms with Crippen molar-refractivity contribution in [1.29, 1.82) is 0 Å². The van der Waals surface area contributed by atoms with Gasteiger partial charge in [-0.15, -0.1) is 0 Å². The summed E-state index contributed by atoms with van der Waals surface area (Å²) < 4.78 is 5.32. The number of hydrogen-bond acceptors (Lipinski definition) is 4. The highest BCUT2D eigenvalue weighted by Crippen LogP contribution is 2.28. The number of methoxy groups -OCH3 is 1. The summed E-state index contributed by atoms with van der Waals surface area (Å²) >= 11 is 0. The summed E-state index contributed by atoms with van der Waals surface area (Å²) in [5, 5.41) is 0. The monoisotopic (exact) mass is 289 g/mol. The van der Waals surface area contributed by atoms with Crippen molar-refractivity contribution in [2.75, 3.05) is 32.5 Å². The molecule has 1 amide bonds. The van der Waals surface area contributed by atoms with Gasteiger partial charge in [0.15, 0.2) is 0 Å². The van der Waals surface area contributed by atoms with E-state index in [1.807, 2.05) is 4.90 Å². The van der Waals surface area contributed by atoms with Crippen molar-refractivity contribution >= 4 is 11.6 Å². The lowest BCUT2D eigenvalue weighted by Crippen LogP contribution is -2.56. The summed E-state index contributed by atoms with van der Waals surface area (Å²) in [6.45, 7) is 5.04. The number of carbonyl (C=O) groups is 1. The van der Waals surface area contributed by atoms with Gasteiger partial charge in [0.2, 0.25) is 0 Å². The molecule has 3 rings (SSSR count). The Labute approximate surface area is 125 Å². The van der Waals surface area contributed by atoms with E-state index in [1.165, 1.54) is 19.4 Å². The van der Waals surface area contributed by atoms with Gasteiger partial charge in [0.25, 0.3) is 5.91 Å². The van der Waals surface area contributed by atoms with E-state index in [1.54, 1.807) is 25.3 Å². The van der Waals surface area contributed by atoms with E-state index >= 15 is 0 Å². The third-order valence-corrected chi connectivity index (χ3v) is 4.65. The smallest absolute Gasteiger partial charge is 0.258 e. The van der Waals surface area contributed by atoms with Crippen molar-refractivity contribution in [2.45, 2.75) is 31.8 Å². The Hall–Kier alpha value is -1.75. The van der Waals surface area contributed by atoms with Crippen LogP contribution in [0, 0.1) is 0 Å². The Morgan fingerprint density at radius 3 is 2.95 bits per heavy atom. The molecule has 2 atom stereocenters. The molecule has 2 N–H and O–H groups in total. The van der Waals surface area contributed by atoms with E-state index in [-0.39, 0.29) is 11.9 Å². The second-order valence-corrected chi connectivity index (χ2v) is 6.06. The number of rotatable bonds is 2. The summed E-state index contributed by atoms with van der Waals surface area (Å²) in [4.78, 5) is 17.4. The largest absolute Gasteiger partial charge is 0.496 e. The molecule has 2 fully saturated rings. The van der Waals surface area contributed by atoms with Gasteiger partial charge in [0.05, 0.1) is 12.7 Å². The predicted octanol–water partition coefficient (Wildman–Crippen LogP) is 1.59. The van der Waals surface area contributed by atoms with Crippen molar-refractivity contribution in [3.63, 3.8) is 0 Å². The number of ether oxygens (including phenoxy) is 1. The van der Waals surface area contributed by atoms with Crippen LogP contribution in [0.1, 0.15) is 30.1 Å². The molecule has 0 saturated carbocycles. The van der Waals surface area contributed by atoms with Crippen molar-refractivity contribution in [2.24, 2.45) is 0 Å². The van der Waals surface area contributed by atoms with E-state index in [9.17, 15) is 4.79 Å². The zero-order valence-electron chi connectivity index (χ0n) is 12.7. The Balaban J connectivity index is 1.86. The number of benzene rings is 1. The van der Waals surface area contributed by atoms with Crippen molar-refractivity contribution in [3.8, 4) is 5.75 Å². The van der Waals surface area contributed by atoms with Crippen LogP contribution in [0.2, 0.25) is 0 Å². The third-order valence-electron chi connectivity index (χ3n) is 4.65. The van der Waals surface area contributed by atoms with Crippen molar-refractivity contribution in [1.82, 2.24) is 9.80 Å². The summed E-state index contributed by atoms with van der Waals surface area (Å²) in [5.74, 6) is 0.619. The molecular formula is C16H23N3O2. The lowest BCUT2D eigenvalue weighted by Gasteiger charge is -2.42. The molecular weight excluding hydrogens is 266 g/mol. The third kappa shape index (κ3) is 2.58. The highest BCUT2D eigenvalue weighted by molar-refractivity contribution is 5.98. The number of amides is 1. The van der Waals surface area contributed by atoms with Gasteiger partial charge in [0.1, 0.15) is 5.75 Å². The highest BCUT2D eigenvalue weighted by Gasteiger charge is 2.37. The molecule has 5 heteroatoms. The molecule has 1 aromatic carbocycles. The molecule has 0 bridgehead atoms. The number of nitrogens with two attached hydrogens (primary N) is 1. The van der Waals surface area contributed by atoms with Gasteiger partial charge in [-0.2, -0.15) is 0 Å². The number of piperazine rings is 1. The molecule has 0 aromatic heterocycles. The second kappa shape index (κ2) is 5.56. The molecule has 0 radical (unpaired) electrons. The fourth-order valence-corrected chi connectivity index (χ4v) is 3.52. The van der Waals surface area contributed by atoms with Crippen LogP contribution in [0.15, 0.2) is 18.2 Å². The first-order valence-corrected chi connectivity index (χ1v) is 7.58. The maximum absolute atomic E-state index is 12.9. The Morgan fingerprint density at radius 2 is 2.19 bits per heavy atom. The molecule has 2 saturated heterocycles. The standard InChI is InChI=1S/C16H23N3O2/c1-11-9-18-7-3-4-13(18)10-19(11)16(20)14-8-12(17)5-6-15(14)21-2/h5-6,8,11,13H,3-4,7,9-10,17H2,1-2H3. The molecule has 0 aliphatic carbocycles. The van der Waals surface area contributed by atoms with Gasteiger partial charge in [-0.05, 0) is 44.5 Å². The van der Waals surface area contributed by atoms with Gasteiger partial charge in [0, 0.05) is 30.9 Å². The average Bonchev–Trinajstić information content (AvgIpc) is 2.92. The zero-order valence-corrected chi connectivity index (χ0v) is 12.7. The van der Waals surface area contributed by atoms with Gasteiger partial charge in [-0.25, -0.2) is 0 Å². The Morgan fingerprint density at radius 1 is 1.38 bits per heavy atom. The Kier molecular flexibility index (Phi) is 3.76. The van der Waals surface area contributed by atoms with Crippen molar-refractivity contribution in [3.05, 3.63) is 23.8 Å². The number of carbonyl (C=O) groups excluding carboxylic acids is 1. The molecule has 21 heavy (non-hydrogen) atoms. The number of fused-ring (bicyclic) bond motifs is 1. The average molecular weight is 289 g/mol. The predicted molar refractivity (Wildman–Crippen MR) is 82.5 cm³/mol. The fraction of sp³-hybridized carbons (Fsp3) is 0.562. The summed E-state index contributed by atoms with van der Waals surface area (Å²) in [6.07, 6.45) is 2.42. The minimum absolute atomic E-state index is 0.0261. The van der Waals surface area contributed by atoms with Gasteiger partial charge in [-0.1, -0.05) is 0 Å². The van der Waals surface area contributed by atoms with Crippen LogP contribution in [0.5, 0.6) is 5.75 Å². The fourth-order valence-electron chi connectivity index (χ4n) is 3.52. The lowest BCUT2D eigenvalue weighted by molar-refractivity contribution is 0.0393. The van der Waals surface area contributed by atoms with E-state index < -0.39 is 0 Å². The first kappa shape index (κ1) is 14.2. The molecule has 5 nitrogen and oxygen atoms in total. The van der Waals surface area contributed by atoms with E-state index in [2.05, 4.69) is 11.8 Å². The van der Waals surface area contributed by atoms with Crippen LogP contribution >= 0.6 is 0 Å². The van der Waals surface area contributed by atoms with Crippen LogP contribution in [0.4, 0.5) is 5.69 Å². The molecule has 2 aliphatic rings. The van der Waals surface area contributed by atoms with Crippen LogP contribution in [-0.2, 0) is 0 Å². The maximum Gasteiger partial charge on any atom is 0.258 e. The second-order valence-electron chi connectivity index (χ2n) is 6.06. The SMILES string of the molecule is COc1ccc(N)cc1C(=O)N1CC2CCCN2CC1C. The summed E-state index contributed by atoms with van der Waals surface area (Å²) in [7, 11) is 1.58. The van der Waals surface area contributed by atoms with Crippen LogP contribution < -0.4 is 10.5 Å². The first-order chi connectivity index (χ1) is 10.1. The summed E-state index contributed by atoms with van der Waals surface area (Å²) in [5.41, 5.74) is 6.99. The van der Waals surface area contributed by atoms with E-state index in [0.29, 0.717) is 23.0 Å². The van der Waals surface area contributed by atoms with Crippen LogP contribution in [-0.4, -0.2) is 54.5 Å². The number of nitrogens with zero attached hydrogens (tertiary/aromatic N) is 2. The zero-order chi connectivity index (χ0) is 15.0. The quantitative estimate of drug-likeness (QED) is 0.840. The summed E-state index contributed by atoms with van der Waals surface area (Å²) in [6, 6.07) is 5.97. The Bertz CT molecular complexity index is 546. The van der Waals surface area contributed by atoms with Gasteiger partial charge < -0.3 is 15.4 Å². The van der Waals surface area contributed by atoms with Gasteiger partial charge in [-0.3, -0.25) is 9.69 Å². The molecule has 1 aromatic rings. The van der Waals surface area contributed by atoms with E-state index in [0.717, 1.165) is 13.1 Å². The first-order valence-electron chi connectivity index (χ1n) is 7.58. The lowest BCUT2D eigenvalue weighted by atomic mass is 10.1. The molecule has 2 aliphatic heterocycles. The topological polar surface area (TPSA) is 58.8 Å². The molecule has 2 heterocycles. The van der Waals surface area contributed by atoms with Crippen LogP contribution in [0.25, 0.3) is 0 Å².